The smallest absolute Gasteiger partial charge is 0.226 e. The van der Waals surface area contributed by atoms with Crippen LogP contribution in [0.1, 0.15) is 18.6 Å². The van der Waals surface area contributed by atoms with Gasteiger partial charge in [0.05, 0.1) is 11.6 Å². The Labute approximate surface area is 120 Å². The molecule has 0 spiro atoms. The second-order valence-electron chi connectivity index (χ2n) is 4.46. The Morgan fingerprint density at radius 1 is 1.24 bits per heavy atom. The zero-order chi connectivity index (χ0) is 14.7. The summed E-state index contributed by atoms with van der Waals surface area (Å²) in [5, 5.41) is 17.9. The van der Waals surface area contributed by atoms with Crippen molar-refractivity contribution in [2.24, 2.45) is 0 Å². The Morgan fingerprint density at radius 2 is 2.14 bits per heavy atom. The topological polar surface area (TPSA) is 117 Å². The summed E-state index contributed by atoms with van der Waals surface area (Å²) in [4.78, 5) is 12.9. The molecule has 0 aliphatic rings. The third-order valence-corrected chi connectivity index (χ3v) is 2.86. The monoisotopic (exact) mass is 288 g/mol. The second-order valence-corrected chi connectivity index (χ2v) is 4.46. The highest BCUT2D eigenvalue weighted by Crippen LogP contribution is 2.19. The molecule has 9 nitrogen and oxygen atoms in total. The molecule has 0 aliphatic carbocycles. The summed E-state index contributed by atoms with van der Waals surface area (Å²) < 4.78 is 4.94. The van der Waals surface area contributed by atoms with Crippen molar-refractivity contribution in [1.82, 2.24) is 30.3 Å². The van der Waals surface area contributed by atoms with Gasteiger partial charge in [-0.1, -0.05) is 5.16 Å². The number of aryl methyl sites for hydroxylation is 1. The van der Waals surface area contributed by atoms with Crippen LogP contribution in [-0.2, 0) is 6.42 Å². The molecule has 21 heavy (non-hydrogen) atoms. The molecule has 3 aromatic heterocycles. The van der Waals surface area contributed by atoms with Crippen LogP contribution < -0.4 is 10.6 Å². The van der Waals surface area contributed by atoms with Crippen molar-refractivity contribution in [3.8, 4) is 0 Å². The number of fused-ring (bicyclic) bond motifs is 1. The third-order valence-electron chi connectivity index (χ3n) is 2.86. The fourth-order valence-electron chi connectivity index (χ4n) is 1.94. The Morgan fingerprint density at radius 3 is 2.90 bits per heavy atom. The van der Waals surface area contributed by atoms with Crippen molar-refractivity contribution >= 4 is 22.8 Å². The van der Waals surface area contributed by atoms with Crippen molar-refractivity contribution in [3.05, 3.63) is 17.9 Å². The first kappa shape index (κ1) is 13.3. The molecule has 0 saturated carbocycles. The van der Waals surface area contributed by atoms with Crippen LogP contribution >= 0.6 is 0 Å². The van der Waals surface area contributed by atoms with Gasteiger partial charge in [-0.15, -0.1) is 0 Å². The van der Waals surface area contributed by atoms with Gasteiger partial charge in [0.2, 0.25) is 11.8 Å². The van der Waals surface area contributed by atoms with E-state index in [1.165, 1.54) is 0 Å². The summed E-state index contributed by atoms with van der Waals surface area (Å²) in [6.45, 7) is 5.15. The normalized spacial score (nSPS) is 11.0. The van der Waals surface area contributed by atoms with Crippen LogP contribution in [0.15, 0.2) is 10.7 Å². The number of hydrogen-bond acceptors (Lipinski definition) is 8. The Hall–Kier alpha value is -2.71. The van der Waals surface area contributed by atoms with Crippen LogP contribution in [0.5, 0.6) is 0 Å². The molecular formula is C12H16N8O. The first-order valence-electron chi connectivity index (χ1n) is 6.74. The van der Waals surface area contributed by atoms with E-state index in [9.17, 15) is 0 Å². The van der Waals surface area contributed by atoms with Gasteiger partial charge in [-0.05, 0) is 6.92 Å². The number of aromatic nitrogens is 6. The average Bonchev–Trinajstić information content (AvgIpc) is 3.08. The van der Waals surface area contributed by atoms with Crippen molar-refractivity contribution in [3.63, 3.8) is 0 Å². The van der Waals surface area contributed by atoms with Gasteiger partial charge in [0.15, 0.2) is 11.5 Å². The van der Waals surface area contributed by atoms with E-state index < -0.39 is 0 Å². The fraction of sp³-hybridized carbons (Fsp3) is 0.417. The lowest BCUT2D eigenvalue weighted by atomic mass is 10.3. The Balaban J connectivity index is 1.74. The molecule has 3 aromatic rings. The molecule has 0 saturated heterocycles. The molecule has 0 aliphatic heterocycles. The first-order chi connectivity index (χ1) is 10.3. The van der Waals surface area contributed by atoms with Gasteiger partial charge < -0.3 is 15.2 Å². The van der Waals surface area contributed by atoms with Gasteiger partial charge in [-0.2, -0.15) is 20.1 Å². The maximum atomic E-state index is 4.94. The molecule has 3 rings (SSSR count). The van der Waals surface area contributed by atoms with Crippen molar-refractivity contribution in [2.75, 3.05) is 23.7 Å². The van der Waals surface area contributed by atoms with Crippen LogP contribution in [-0.4, -0.2) is 43.4 Å². The Bertz CT molecular complexity index is 734. The average molecular weight is 288 g/mol. The maximum absolute atomic E-state index is 4.94. The minimum Gasteiger partial charge on any atom is -0.369 e. The zero-order valence-electron chi connectivity index (χ0n) is 11.8. The molecular weight excluding hydrogens is 272 g/mol. The summed E-state index contributed by atoms with van der Waals surface area (Å²) in [6.07, 6.45) is 2.35. The van der Waals surface area contributed by atoms with E-state index >= 15 is 0 Å². The van der Waals surface area contributed by atoms with E-state index in [4.69, 9.17) is 4.52 Å². The van der Waals surface area contributed by atoms with Gasteiger partial charge in [0, 0.05) is 26.4 Å². The quantitative estimate of drug-likeness (QED) is 0.618. The lowest BCUT2D eigenvalue weighted by Gasteiger charge is -2.07. The summed E-state index contributed by atoms with van der Waals surface area (Å²) >= 11 is 0. The van der Waals surface area contributed by atoms with Gasteiger partial charge in [0.25, 0.3) is 0 Å². The predicted molar refractivity (Wildman–Crippen MR) is 77.1 cm³/mol. The molecule has 9 heteroatoms. The van der Waals surface area contributed by atoms with E-state index in [2.05, 4.69) is 40.9 Å². The maximum Gasteiger partial charge on any atom is 0.226 e. The molecule has 0 aromatic carbocycles. The molecule has 0 atom stereocenters. The number of aromatic amines is 1. The number of H-pyrrole nitrogens is 1. The van der Waals surface area contributed by atoms with Crippen LogP contribution in [0.2, 0.25) is 0 Å². The predicted octanol–water partition coefficient (Wildman–Crippen LogP) is 1.13. The minimum atomic E-state index is 0.562. The lowest BCUT2D eigenvalue weighted by molar-refractivity contribution is 0.387. The Kier molecular flexibility index (Phi) is 3.63. The highest BCUT2D eigenvalue weighted by Gasteiger charge is 2.09. The zero-order valence-corrected chi connectivity index (χ0v) is 11.8. The molecule has 0 bridgehead atoms. The summed E-state index contributed by atoms with van der Waals surface area (Å²) in [5.74, 6) is 2.53. The highest BCUT2D eigenvalue weighted by atomic mass is 16.5. The largest absolute Gasteiger partial charge is 0.369 e. The minimum absolute atomic E-state index is 0.562. The number of nitrogens with one attached hydrogen (secondary N) is 3. The van der Waals surface area contributed by atoms with E-state index in [0.29, 0.717) is 36.3 Å². The van der Waals surface area contributed by atoms with Gasteiger partial charge >= 0.3 is 0 Å². The standard InChI is InChI=1S/C12H16N8O/c1-3-13-12-17-10(8-6-15-19-11(8)18-12)14-5-4-9-16-7(2)21-20-9/h6H,3-5H2,1-2H3,(H3,13,14,15,17,18,19). The molecule has 0 radical (unpaired) electrons. The van der Waals surface area contributed by atoms with Crippen molar-refractivity contribution < 1.29 is 4.52 Å². The molecule has 0 amide bonds. The SMILES string of the molecule is CCNc1nc(NCCc2noc(C)n2)c2cn[nH]c2n1. The number of hydrogen-bond donors (Lipinski definition) is 3. The summed E-state index contributed by atoms with van der Waals surface area (Å²) in [6, 6.07) is 0. The van der Waals surface area contributed by atoms with Gasteiger partial charge in [-0.3, -0.25) is 5.10 Å². The summed E-state index contributed by atoms with van der Waals surface area (Å²) in [5.41, 5.74) is 0.693. The van der Waals surface area contributed by atoms with E-state index in [-0.39, 0.29) is 0 Å². The number of rotatable bonds is 6. The van der Waals surface area contributed by atoms with Gasteiger partial charge in [-0.25, -0.2) is 0 Å². The highest BCUT2D eigenvalue weighted by molar-refractivity contribution is 5.86. The third kappa shape index (κ3) is 2.91. The fourth-order valence-corrected chi connectivity index (χ4v) is 1.94. The second kappa shape index (κ2) is 5.73. The van der Waals surface area contributed by atoms with E-state index in [1.807, 2.05) is 6.92 Å². The molecule has 0 fully saturated rings. The molecule has 110 valence electrons. The van der Waals surface area contributed by atoms with Crippen LogP contribution in [0.4, 0.5) is 11.8 Å². The van der Waals surface area contributed by atoms with E-state index in [1.54, 1.807) is 13.1 Å². The molecule has 3 heterocycles. The van der Waals surface area contributed by atoms with E-state index in [0.717, 1.165) is 17.7 Å². The van der Waals surface area contributed by atoms with Crippen LogP contribution in [0.3, 0.4) is 0 Å². The lowest BCUT2D eigenvalue weighted by Crippen LogP contribution is -2.10. The van der Waals surface area contributed by atoms with Crippen LogP contribution in [0.25, 0.3) is 11.0 Å². The molecule has 3 N–H and O–H groups in total. The van der Waals surface area contributed by atoms with Crippen molar-refractivity contribution in [2.45, 2.75) is 20.3 Å². The summed E-state index contributed by atoms with van der Waals surface area (Å²) in [7, 11) is 0. The number of nitrogens with zero attached hydrogens (tertiary/aromatic N) is 5. The first-order valence-corrected chi connectivity index (χ1v) is 6.74. The van der Waals surface area contributed by atoms with Crippen LogP contribution in [0, 0.1) is 6.92 Å². The molecule has 0 unspecified atom stereocenters. The number of anilines is 2. The van der Waals surface area contributed by atoms with Crippen molar-refractivity contribution in [1.29, 1.82) is 0 Å². The van der Waals surface area contributed by atoms with Gasteiger partial charge in [0.1, 0.15) is 5.82 Å².